The predicted molar refractivity (Wildman–Crippen MR) is 91.7 cm³/mol. The van der Waals surface area contributed by atoms with Gasteiger partial charge in [0.05, 0.1) is 5.75 Å². The Bertz CT molecular complexity index is 582. The summed E-state index contributed by atoms with van der Waals surface area (Å²) in [7, 11) is -3.20. The van der Waals surface area contributed by atoms with E-state index in [0.29, 0.717) is 19.1 Å². The van der Waals surface area contributed by atoms with Crippen molar-refractivity contribution in [2.24, 2.45) is 11.8 Å². The molecule has 1 heterocycles. The molecule has 3 rings (SSSR count). The number of benzene rings is 1. The highest BCUT2D eigenvalue weighted by Crippen LogP contribution is 2.29. The highest BCUT2D eigenvalue weighted by atomic mass is 32.2. The van der Waals surface area contributed by atoms with E-state index >= 15 is 0 Å². The third-order valence-corrected chi connectivity index (χ3v) is 6.70. The Balaban J connectivity index is 1.56. The fourth-order valence-corrected chi connectivity index (χ4v) is 5.68. The number of hydrogen-bond donors (Lipinski definition) is 1. The third-order valence-electron chi connectivity index (χ3n) is 5.13. The van der Waals surface area contributed by atoms with Crippen molar-refractivity contribution in [2.45, 2.75) is 44.6 Å². The van der Waals surface area contributed by atoms with Crippen molar-refractivity contribution < 1.29 is 13.2 Å². The molecule has 1 aliphatic heterocycles. The first-order valence-electron chi connectivity index (χ1n) is 8.74. The molecule has 0 amide bonds. The zero-order valence-corrected chi connectivity index (χ0v) is 14.4. The Morgan fingerprint density at radius 2 is 1.78 bits per heavy atom. The highest BCUT2D eigenvalue weighted by Gasteiger charge is 2.32. The van der Waals surface area contributed by atoms with E-state index < -0.39 is 10.0 Å². The van der Waals surface area contributed by atoms with Crippen LogP contribution in [0.4, 0.5) is 0 Å². The van der Waals surface area contributed by atoms with Gasteiger partial charge in [0.2, 0.25) is 10.0 Å². The molecule has 1 aromatic carbocycles. The number of ether oxygens (including phenoxy) is 1. The standard InChI is InChI=1S/C18H27NO3S/c20-23(21,14-16-9-11-22-12-10-16)19-18-8-4-7-17(18)13-15-5-2-1-3-6-15/h1-3,5-6,16-19H,4,7-14H2/t17-,18+/m0/s1. The van der Waals surface area contributed by atoms with Gasteiger partial charge in [0.1, 0.15) is 0 Å². The Morgan fingerprint density at radius 3 is 2.52 bits per heavy atom. The summed E-state index contributed by atoms with van der Waals surface area (Å²) in [6, 6.07) is 10.5. The summed E-state index contributed by atoms with van der Waals surface area (Å²) in [6.45, 7) is 1.39. The fourth-order valence-electron chi connectivity index (χ4n) is 3.86. The maximum Gasteiger partial charge on any atom is 0.212 e. The van der Waals surface area contributed by atoms with Crippen LogP contribution >= 0.6 is 0 Å². The molecule has 0 aromatic heterocycles. The normalized spacial score (nSPS) is 26.4. The maximum absolute atomic E-state index is 12.5. The molecule has 2 aliphatic rings. The van der Waals surface area contributed by atoms with Gasteiger partial charge in [-0.25, -0.2) is 13.1 Å². The maximum atomic E-state index is 12.5. The predicted octanol–water partition coefficient (Wildman–Crippen LogP) is 2.74. The average Bonchev–Trinajstić information content (AvgIpc) is 2.95. The van der Waals surface area contributed by atoms with Crippen LogP contribution in [0.3, 0.4) is 0 Å². The monoisotopic (exact) mass is 337 g/mol. The van der Waals surface area contributed by atoms with Crippen LogP contribution in [0.1, 0.15) is 37.7 Å². The molecule has 1 saturated heterocycles. The smallest absolute Gasteiger partial charge is 0.212 e. The topological polar surface area (TPSA) is 55.4 Å². The van der Waals surface area contributed by atoms with E-state index in [1.165, 1.54) is 5.56 Å². The van der Waals surface area contributed by atoms with Crippen LogP contribution in [0.2, 0.25) is 0 Å². The first-order chi connectivity index (χ1) is 11.1. The molecule has 0 spiro atoms. The first-order valence-corrected chi connectivity index (χ1v) is 10.4. The second-order valence-corrected chi connectivity index (χ2v) is 8.74. The van der Waals surface area contributed by atoms with Gasteiger partial charge < -0.3 is 4.74 Å². The van der Waals surface area contributed by atoms with Crippen molar-refractivity contribution >= 4 is 10.0 Å². The number of rotatable bonds is 6. The Hall–Kier alpha value is -0.910. The van der Waals surface area contributed by atoms with Gasteiger partial charge in [-0.1, -0.05) is 36.8 Å². The molecule has 1 aliphatic carbocycles. The number of hydrogen-bond acceptors (Lipinski definition) is 3. The second kappa shape index (κ2) is 7.77. The van der Waals surface area contributed by atoms with E-state index in [-0.39, 0.29) is 17.7 Å². The van der Waals surface area contributed by atoms with E-state index in [9.17, 15) is 8.42 Å². The Labute approximate surface area is 139 Å². The SMILES string of the molecule is O=S(=O)(CC1CCOCC1)N[C@@H]1CCC[C@H]1Cc1ccccc1. The van der Waals surface area contributed by atoms with Crippen molar-refractivity contribution in [1.82, 2.24) is 4.72 Å². The van der Waals surface area contributed by atoms with Crippen molar-refractivity contribution in [3.05, 3.63) is 35.9 Å². The van der Waals surface area contributed by atoms with Crippen LogP contribution < -0.4 is 4.72 Å². The van der Waals surface area contributed by atoms with Gasteiger partial charge in [-0.2, -0.15) is 0 Å². The van der Waals surface area contributed by atoms with E-state index in [0.717, 1.165) is 38.5 Å². The molecule has 0 unspecified atom stereocenters. The van der Waals surface area contributed by atoms with Crippen LogP contribution in [0.15, 0.2) is 30.3 Å². The second-order valence-electron chi connectivity index (χ2n) is 6.94. The van der Waals surface area contributed by atoms with Crippen LogP contribution in [-0.4, -0.2) is 33.4 Å². The molecule has 1 N–H and O–H groups in total. The summed E-state index contributed by atoms with van der Waals surface area (Å²) in [5.74, 6) is 0.919. The molecule has 23 heavy (non-hydrogen) atoms. The van der Waals surface area contributed by atoms with Crippen LogP contribution in [0.25, 0.3) is 0 Å². The van der Waals surface area contributed by atoms with Gasteiger partial charge in [-0.05, 0) is 49.5 Å². The molecule has 2 fully saturated rings. The zero-order chi connectivity index (χ0) is 16.1. The molecule has 128 valence electrons. The highest BCUT2D eigenvalue weighted by molar-refractivity contribution is 7.89. The van der Waals surface area contributed by atoms with Crippen molar-refractivity contribution in [2.75, 3.05) is 19.0 Å². The lowest BCUT2D eigenvalue weighted by atomic mass is 9.95. The molecular weight excluding hydrogens is 310 g/mol. The van der Waals surface area contributed by atoms with Gasteiger partial charge in [0.15, 0.2) is 0 Å². The van der Waals surface area contributed by atoms with E-state index in [1.54, 1.807) is 0 Å². The quantitative estimate of drug-likeness (QED) is 0.868. The average molecular weight is 337 g/mol. The molecule has 2 atom stereocenters. The summed E-state index contributed by atoms with van der Waals surface area (Å²) < 4.78 is 33.3. The molecule has 0 radical (unpaired) electrons. The minimum Gasteiger partial charge on any atom is -0.381 e. The van der Waals surface area contributed by atoms with Gasteiger partial charge in [-0.15, -0.1) is 0 Å². The van der Waals surface area contributed by atoms with Crippen LogP contribution in [0, 0.1) is 11.8 Å². The van der Waals surface area contributed by atoms with E-state index in [2.05, 4.69) is 29.0 Å². The van der Waals surface area contributed by atoms with Crippen LogP contribution in [-0.2, 0) is 21.2 Å². The summed E-state index contributed by atoms with van der Waals surface area (Å²) >= 11 is 0. The first kappa shape index (κ1) is 16.9. The molecule has 1 saturated carbocycles. The van der Waals surface area contributed by atoms with Crippen LogP contribution in [0.5, 0.6) is 0 Å². The van der Waals surface area contributed by atoms with E-state index in [4.69, 9.17) is 4.74 Å². The number of sulfonamides is 1. The molecule has 1 aromatic rings. The third kappa shape index (κ3) is 5.03. The lowest BCUT2D eigenvalue weighted by Crippen LogP contribution is -2.41. The van der Waals surface area contributed by atoms with Crippen molar-refractivity contribution in [3.8, 4) is 0 Å². The minimum atomic E-state index is -3.20. The minimum absolute atomic E-state index is 0.0973. The molecule has 0 bridgehead atoms. The summed E-state index contributed by atoms with van der Waals surface area (Å²) in [5.41, 5.74) is 1.30. The number of nitrogens with one attached hydrogen (secondary N) is 1. The molecular formula is C18H27NO3S. The Kier molecular flexibility index (Phi) is 5.72. The summed E-state index contributed by atoms with van der Waals surface area (Å²) in [4.78, 5) is 0. The van der Waals surface area contributed by atoms with Gasteiger partial charge in [0.25, 0.3) is 0 Å². The molecule has 5 heteroatoms. The lowest BCUT2D eigenvalue weighted by molar-refractivity contribution is 0.0722. The van der Waals surface area contributed by atoms with Gasteiger partial charge in [-0.3, -0.25) is 0 Å². The van der Waals surface area contributed by atoms with Crippen molar-refractivity contribution in [3.63, 3.8) is 0 Å². The van der Waals surface area contributed by atoms with Crippen molar-refractivity contribution in [1.29, 1.82) is 0 Å². The molecule has 4 nitrogen and oxygen atoms in total. The van der Waals surface area contributed by atoms with E-state index in [1.807, 2.05) is 6.07 Å². The van der Waals surface area contributed by atoms with Gasteiger partial charge in [0, 0.05) is 19.3 Å². The summed E-state index contributed by atoms with van der Waals surface area (Å²) in [5, 5.41) is 0. The fraction of sp³-hybridized carbons (Fsp3) is 0.667. The zero-order valence-electron chi connectivity index (χ0n) is 13.6. The van der Waals surface area contributed by atoms with Gasteiger partial charge >= 0.3 is 0 Å². The lowest BCUT2D eigenvalue weighted by Gasteiger charge is -2.25. The summed E-state index contributed by atoms with van der Waals surface area (Å²) in [6.07, 6.45) is 5.87. The largest absolute Gasteiger partial charge is 0.381 e. The Morgan fingerprint density at radius 1 is 1.04 bits per heavy atom.